The molecule has 0 aromatic rings. The van der Waals surface area contributed by atoms with Gasteiger partial charge in [0.2, 0.25) is 0 Å². The van der Waals surface area contributed by atoms with Gasteiger partial charge in [-0.2, -0.15) is 0 Å². The van der Waals surface area contributed by atoms with E-state index in [2.05, 4.69) is 11.8 Å². The SMILES string of the molecule is CCCCCCCCCCCCCCCCCCC(C)(C)C(=O)OCC(CCCC[Si](OC)(OC)OC)OO. The largest absolute Gasteiger partial charge is 0.500 e. The zero-order chi connectivity index (χ0) is 29.2. The molecule has 0 amide bonds. The summed E-state index contributed by atoms with van der Waals surface area (Å²) in [7, 11) is 2.20. The lowest BCUT2D eigenvalue weighted by atomic mass is 9.87. The molecule has 1 atom stereocenters. The Morgan fingerprint density at radius 2 is 1.13 bits per heavy atom. The Bertz CT molecular complexity index is 547. The van der Waals surface area contributed by atoms with Crippen molar-refractivity contribution >= 4 is 14.8 Å². The Hall–Kier alpha value is -0.513. The summed E-state index contributed by atoms with van der Waals surface area (Å²) in [5.41, 5.74) is -0.531. The van der Waals surface area contributed by atoms with Gasteiger partial charge in [0, 0.05) is 27.4 Å². The van der Waals surface area contributed by atoms with Crippen LogP contribution in [0, 0.1) is 5.41 Å². The van der Waals surface area contributed by atoms with E-state index in [-0.39, 0.29) is 12.6 Å². The minimum Gasteiger partial charge on any atom is -0.462 e. The van der Waals surface area contributed by atoms with Gasteiger partial charge in [0.15, 0.2) is 0 Å². The number of hydrogen-bond donors (Lipinski definition) is 1. The minimum atomic E-state index is -2.59. The van der Waals surface area contributed by atoms with E-state index in [1.54, 1.807) is 21.3 Å². The van der Waals surface area contributed by atoms with Crippen LogP contribution in [0.1, 0.15) is 149 Å². The first kappa shape index (κ1) is 38.5. The minimum absolute atomic E-state index is 0.0547. The van der Waals surface area contributed by atoms with Gasteiger partial charge in [-0.3, -0.25) is 10.1 Å². The zero-order valence-electron chi connectivity index (χ0n) is 26.5. The van der Waals surface area contributed by atoms with Crippen molar-refractivity contribution in [1.82, 2.24) is 0 Å². The third-order valence-corrected chi connectivity index (χ3v) is 10.8. The van der Waals surface area contributed by atoms with Gasteiger partial charge < -0.3 is 18.0 Å². The second-order valence-electron chi connectivity index (χ2n) is 11.8. The standard InChI is InChI=1S/C31H64O7Si/c1-7-8-9-10-11-12-13-14-15-16-17-18-19-20-21-23-26-31(2,3)30(32)37-28-29(38-33)25-22-24-27-39(34-4,35-5)36-6/h29,33H,7-28H2,1-6H3. The van der Waals surface area contributed by atoms with E-state index in [0.29, 0.717) is 12.5 Å². The molecule has 0 aliphatic rings. The van der Waals surface area contributed by atoms with E-state index in [1.807, 2.05) is 13.8 Å². The summed E-state index contributed by atoms with van der Waals surface area (Å²) in [5.74, 6) is -0.227. The number of ether oxygens (including phenoxy) is 1. The van der Waals surface area contributed by atoms with Crippen molar-refractivity contribution in [2.75, 3.05) is 27.9 Å². The average molecular weight is 577 g/mol. The van der Waals surface area contributed by atoms with Gasteiger partial charge in [-0.1, -0.05) is 116 Å². The second kappa shape index (κ2) is 25.2. The maximum absolute atomic E-state index is 12.7. The van der Waals surface area contributed by atoms with Crippen molar-refractivity contribution in [1.29, 1.82) is 0 Å². The van der Waals surface area contributed by atoms with Crippen LogP contribution in [-0.2, 0) is 27.7 Å². The third-order valence-electron chi connectivity index (χ3n) is 7.95. The summed E-state index contributed by atoms with van der Waals surface area (Å²) in [6, 6.07) is 0.681. The van der Waals surface area contributed by atoms with E-state index in [9.17, 15) is 10.1 Å². The monoisotopic (exact) mass is 576 g/mol. The molecule has 0 rings (SSSR count). The average Bonchev–Trinajstić information content (AvgIpc) is 2.94. The van der Waals surface area contributed by atoms with Crippen LogP contribution in [0.25, 0.3) is 0 Å². The highest BCUT2D eigenvalue weighted by Crippen LogP contribution is 2.26. The molecule has 0 bridgehead atoms. The van der Waals surface area contributed by atoms with Crippen molar-refractivity contribution in [2.45, 2.75) is 161 Å². The Morgan fingerprint density at radius 3 is 1.54 bits per heavy atom. The molecule has 0 aromatic carbocycles. The molecule has 7 nitrogen and oxygen atoms in total. The van der Waals surface area contributed by atoms with Gasteiger partial charge in [-0.25, -0.2) is 4.89 Å². The van der Waals surface area contributed by atoms with Gasteiger partial charge in [0.25, 0.3) is 0 Å². The Kier molecular flexibility index (Phi) is 24.9. The fourth-order valence-electron chi connectivity index (χ4n) is 5.02. The van der Waals surface area contributed by atoms with E-state index < -0.39 is 20.3 Å². The molecule has 234 valence electrons. The molecule has 0 spiro atoms. The summed E-state index contributed by atoms with van der Waals surface area (Å²) >= 11 is 0. The maximum Gasteiger partial charge on any atom is 0.500 e. The summed E-state index contributed by atoms with van der Waals surface area (Å²) in [4.78, 5) is 17.2. The van der Waals surface area contributed by atoms with Gasteiger partial charge in [-0.15, -0.1) is 0 Å². The van der Waals surface area contributed by atoms with Crippen LogP contribution in [0.15, 0.2) is 0 Å². The number of rotatable bonds is 29. The number of unbranched alkanes of at least 4 members (excludes halogenated alkanes) is 16. The summed E-state index contributed by atoms with van der Waals surface area (Å²) in [6.45, 7) is 6.22. The molecule has 0 aromatic heterocycles. The quantitative estimate of drug-likeness (QED) is 0.0312. The number of esters is 1. The van der Waals surface area contributed by atoms with Crippen molar-refractivity contribution < 1.29 is 33.0 Å². The number of carbonyl (C=O) groups excluding carboxylic acids is 1. The van der Waals surface area contributed by atoms with Crippen LogP contribution in [0.2, 0.25) is 6.04 Å². The van der Waals surface area contributed by atoms with E-state index in [1.165, 1.54) is 89.9 Å². The van der Waals surface area contributed by atoms with E-state index in [4.69, 9.17) is 18.0 Å². The molecule has 0 radical (unpaired) electrons. The molecular formula is C31H64O7Si. The number of carbonyl (C=O) groups is 1. The van der Waals surface area contributed by atoms with Crippen LogP contribution in [0.3, 0.4) is 0 Å². The van der Waals surface area contributed by atoms with Crippen molar-refractivity contribution in [3.05, 3.63) is 0 Å². The van der Waals surface area contributed by atoms with E-state index in [0.717, 1.165) is 32.1 Å². The third kappa shape index (κ3) is 20.1. The molecule has 0 saturated carbocycles. The lowest BCUT2D eigenvalue weighted by molar-refractivity contribution is -0.287. The molecule has 39 heavy (non-hydrogen) atoms. The normalized spacial score (nSPS) is 13.1. The van der Waals surface area contributed by atoms with Gasteiger partial charge in [-0.05, 0) is 33.1 Å². The van der Waals surface area contributed by atoms with Crippen LogP contribution >= 0.6 is 0 Å². The van der Waals surface area contributed by atoms with Gasteiger partial charge >= 0.3 is 14.8 Å². The fourth-order valence-corrected chi connectivity index (χ4v) is 6.81. The van der Waals surface area contributed by atoms with Crippen LogP contribution in [0.5, 0.6) is 0 Å². The van der Waals surface area contributed by atoms with Gasteiger partial charge in [0.1, 0.15) is 12.7 Å². The van der Waals surface area contributed by atoms with Crippen molar-refractivity contribution in [3.8, 4) is 0 Å². The van der Waals surface area contributed by atoms with Crippen LogP contribution in [-0.4, -0.2) is 54.1 Å². The first-order chi connectivity index (χ1) is 18.8. The van der Waals surface area contributed by atoms with Crippen LogP contribution in [0.4, 0.5) is 0 Å². The Morgan fingerprint density at radius 1 is 0.692 bits per heavy atom. The second-order valence-corrected chi connectivity index (χ2v) is 14.9. The van der Waals surface area contributed by atoms with Crippen LogP contribution < -0.4 is 0 Å². The molecule has 0 saturated heterocycles. The molecular weight excluding hydrogens is 512 g/mol. The summed E-state index contributed by atoms with van der Waals surface area (Å²) < 4.78 is 21.8. The molecule has 0 aliphatic heterocycles. The van der Waals surface area contributed by atoms with Crippen molar-refractivity contribution in [3.63, 3.8) is 0 Å². The maximum atomic E-state index is 12.7. The molecule has 0 heterocycles. The molecule has 0 fully saturated rings. The zero-order valence-corrected chi connectivity index (χ0v) is 27.5. The molecule has 8 heteroatoms. The lowest BCUT2D eigenvalue weighted by Gasteiger charge is -2.25. The highest BCUT2D eigenvalue weighted by Gasteiger charge is 2.37. The highest BCUT2D eigenvalue weighted by molar-refractivity contribution is 6.60. The molecule has 1 N–H and O–H groups in total. The summed E-state index contributed by atoms with van der Waals surface area (Å²) in [6.07, 6.45) is 23.9. The number of hydrogen-bond acceptors (Lipinski definition) is 7. The Balaban J connectivity index is 3.82. The first-order valence-corrected chi connectivity index (χ1v) is 17.9. The highest BCUT2D eigenvalue weighted by atomic mass is 28.4. The van der Waals surface area contributed by atoms with E-state index >= 15 is 0 Å². The summed E-state index contributed by atoms with van der Waals surface area (Å²) in [5, 5.41) is 9.24. The van der Waals surface area contributed by atoms with Gasteiger partial charge in [0.05, 0.1) is 5.41 Å². The lowest BCUT2D eigenvalue weighted by Crippen LogP contribution is -2.42. The molecule has 0 aliphatic carbocycles. The topological polar surface area (TPSA) is 83.5 Å². The molecule has 1 unspecified atom stereocenters. The predicted molar refractivity (Wildman–Crippen MR) is 162 cm³/mol. The predicted octanol–water partition coefficient (Wildman–Crippen LogP) is 9.11. The smallest absolute Gasteiger partial charge is 0.462 e. The Labute approximate surface area is 242 Å². The first-order valence-electron chi connectivity index (χ1n) is 15.9. The van der Waals surface area contributed by atoms with Crippen molar-refractivity contribution in [2.24, 2.45) is 5.41 Å². The fraction of sp³-hybridized carbons (Fsp3) is 0.968.